The number of pyridine rings is 2. The van der Waals surface area contributed by atoms with Crippen molar-refractivity contribution in [1.82, 2.24) is 19.9 Å². The zero-order valence-electron chi connectivity index (χ0n) is 20.2. The van der Waals surface area contributed by atoms with Crippen molar-refractivity contribution in [3.05, 3.63) is 121 Å². The van der Waals surface area contributed by atoms with E-state index in [4.69, 9.17) is 0 Å². The van der Waals surface area contributed by atoms with Crippen LogP contribution in [-0.4, -0.2) is 25.7 Å². The second kappa shape index (κ2) is 10.4. The minimum atomic E-state index is -0.234. The van der Waals surface area contributed by atoms with Crippen LogP contribution in [0, 0.1) is 0 Å². The van der Waals surface area contributed by atoms with E-state index in [0.29, 0.717) is 0 Å². The Labute approximate surface area is 209 Å². The smallest absolute Gasteiger partial charge is 0.147 e. The third-order valence-electron chi connectivity index (χ3n) is 6.49. The van der Waals surface area contributed by atoms with Crippen LogP contribution in [0.4, 0.5) is 0 Å². The molecule has 3 heterocycles. The Morgan fingerprint density at radius 1 is 0.528 bits per heavy atom. The van der Waals surface area contributed by atoms with Crippen LogP contribution in [0.15, 0.2) is 110 Å². The number of hydrogen-bond acceptors (Lipinski definition) is 5. The van der Waals surface area contributed by atoms with Crippen LogP contribution in [0.2, 0.25) is 0 Å². The lowest BCUT2D eigenvalue weighted by Crippen LogP contribution is -2.17. The molecule has 6 aromatic rings. The Bertz CT molecular complexity index is 1500. The van der Waals surface area contributed by atoms with Crippen molar-refractivity contribution < 1.29 is 4.79 Å². The fourth-order valence-electron chi connectivity index (χ4n) is 4.55. The minimum absolute atomic E-state index is 0.182. The number of Topliss-reactive ketones (excluding diaryl/α,β-unsaturated/α-hetero) is 1. The molecule has 6 rings (SSSR count). The summed E-state index contributed by atoms with van der Waals surface area (Å²) in [6, 6.07) is 27.8. The highest BCUT2D eigenvalue weighted by Gasteiger charge is 2.25. The average molecular weight is 471 g/mol. The monoisotopic (exact) mass is 470 g/mol. The standard InChI is InChI=1S/C23H20N2O.C8H6N2/c1-15(19-11-3-7-17-9-5-13-24-21(17)19)23(26)16(2)20-12-4-8-18-10-6-14-25-22(18)20;1-2-4-8-7(3-1)9-5-6-10-8/h3-16H,1-2H3;1-6H. The molecule has 5 nitrogen and oxygen atoms in total. The normalized spacial score (nSPS) is 12.6. The molecule has 0 saturated carbocycles. The summed E-state index contributed by atoms with van der Waals surface area (Å²) >= 11 is 0. The molecule has 0 spiro atoms. The second-order valence-corrected chi connectivity index (χ2v) is 8.74. The van der Waals surface area contributed by atoms with Crippen LogP contribution in [0.5, 0.6) is 0 Å². The highest BCUT2D eigenvalue weighted by molar-refractivity contribution is 5.97. The Morgan fingerprint density at radius 3 is 1.44 bits per heavy atom. The van der Waals surface area contributed by atoms with Crippen LogP contribution in [0.1, 0.15) is 36.8 Å². The van der Waals surface area contributed by atoms with Gasteiger partial charge in [-0.05, 0) is 35.4 Å². The van der Waals surface area contributed by atoms with E-state index >= 15 is 0 Å². The fraction of sp³-hybridized carbons (Fsp3) is 0.129. The molecular weight excluding hydrogens is 444 g/mol. The molecule has 3 aromatic heterocycles. The van der Waals surface area contributed by atoms with Crippen LogP contribution in [0.25, 0.3) is 32.8 Å². The molecule has 0 saturated heterocycles. The summed E-state index contributed by atoms with van der Waals surface area (Å²) < 4.78 is 0. The van der Waals surface area contributed by atoms with Gasteiger partial charge >= 0.3 is 0 Å². The molecule has 3 aromatic carbocycles. The fourth-order valence-corrected chi connectivity index (χ4v) is 4.55. The van der Waals surface area contributed by atoms with Crippen molar-refractivity contribution in [3.63, 3.8) is 0 Å². The first kappa shape index (κ1) is 23.2. The van der Waals surface area contributed by atoms with Gasteiger partial charge in [0, 0.05) is 47.4 Å². The van der Waals surface area contributed by atoms with Crippen molar-refractivity contribution in [2.75, 3.05) is 0 Å². The second-order valence-electron chi connectivity index (χ2n) is 8.74. The van der Waals surface area contributed by atoms with Gasteiger partial charge in [0.05, 0.1) is 22.1 Å². The van der Waals surface area contributed by atoms with E-state index in [9.17, 15) is 4.79 Å². The number of para-hydroxylation sites is 4. The van der Waals surface area contributed by atoms with Crippen molar-refractivity contribution >= 4 is 38.6 Å². The Morgan fingerprint density at radius 2 is 0.972 bits per heavy atom. The van der Waals surface area contributed by atoms with E-state index in [-0.39, 0.29) is 17.6 Å². The summed E-state index contributed by atoms with van der Waals surface area (Å²) in [5.41, 5.74) is 5.66. The number of aromatic nitrogens is 4. The number of rotatable bonds is 4. The van der Waals surface area contributed by atoms with E-state index in [2.05, 4.69) is 19.9 Å². The molecule has 0 N–H and O–H groups in total. The highest BCUT2D eigenvalue weighted by Crippen LogP contribution is 2.32. The van der Waals surface area contributed by atoms with Gasteiger partial charge in [-0.3, -0.25) is 24.7 Å². The Balaban J connectivity index is 0.000000222. The molecule has 0 aliphatic carbocycles. The van der Waals surface area contributed by atoms with Crippen molar-refractivity contribution in [2.45, 2.75) is 25.7 Å². The lowest BCUT2D eigenvalue weighted by molar-refractivity contribution is -0.121. The molecule has 0 bridgehead atoms. The van der Waals surface area contributed by atoms with Gasteiger partial charge < -0.3 is 0 Å². The van der Waals surface area contributed by atoms with Gasteiger partial charge in [0.25, 0.3) is 0 Å². The maximum atomic E-state index is 13.3. The number of benzene rings is 3. The third-order valence-corrected chi connectivity index (χ3v) is 6.49. The summed E-state index contributed by atoms with van der Waals surface area (Å²) in [5, 5.41) is 2.12. The quantitative estimate of drug-likeness (QED) is 0.281. The number of fused-ring (bicyclic) bond motifs is 3. The molecule has 2 unspecified atom stereocenters. The topological polar surface area (TPSA) is 68.6 Å². The minimum Gasteiger partial charge on any atom is -0.298 e. The van der Waals surface area contributed by atoms with E-state index in [1.165, 1.54) is 0 Å². The average Bonchev–Trinajstić information content (AvgIpc) is 2.96. The summed E-state index contributed by atoms with van der Waals surface area (Å²) in [6.45, 7) is 3.95. The summed E-state index contributed by atoms with van der Waals surface area (Å²) in [6.07, 6.45) is 6.95. The number of nitrogens with zero attached hydrogens (tertiary/aromatic N) is 4. The van der Waals surface area contributed by atoms with E-state index in [1.54, 1.807) is 24.8 Å². The molecule has 0 radical (unpaired) electrons. The van der Waals surface area contributed by atoms with Gasteiger partial charge in [0.2, 0.25) is 0 Å². The molecule has 0 aliphatic heterocycles. The van der Waals surface area contributed by atoms with E-state index in [1.807, 2.05) is 98.8 Å². The highest BCUT2D eigenvalue weighted by atomic mass is 16.1. The molecule has 0 aliphatic rings. The number of hydrogen-bond donors (Lipinski definition) is 0. The molecule has 36 heavy (non-hydrogen) atoms. The predicted molar refractivity (Wildman–Crippen MR) is 145 cm³/mol. The molecule has 5 heteroatoms. The van der Waals surface area contributed by atoms with Crippen molar-refractivity contribution in [1.29, 1.82) is 0 Å². The summed E-state index contributed by atoms with van der Waals surface area (Å²) in [4.78, 5) is 30.5. The first-order valence-corrected chi connectivity index (χ1v) is 12.0. The zero-order valence-corrected chi connectivity index (χ0v) is 20.2. The van der Waals surface area contributed by atoms with Crippen LogP contribution >= 0.6 is 0 Å². The van der Waals surface area contributed by atoms with Crippen LogP contribution in [-0.2, 0) is 4.79 Å². The predicted octanol–water partition coefficient (Wildman–Crippen LogP) is 6.89. The van der Waals surface area contributed by atoms with Gasteiger partial charge in [-0.25, -0.2) is 0 Å². The number of carbonyl (C=O) groups excluding carboxylic acids is 1. The molecule has 2 atom stereocenters. The third kappa shape index (κ3) is 4.68. The molecule has 0 fully saturated rings. The Hall–Kier alpha value is -4.51. The molecular formula is C31H26N4O. The van der Waals surface area contributed by atoms with Crippen molar-refractivity contribution in [2.24, 2.45) is 0 Å². The Kier molecular flexibility index (Phi) is 6.72. The first-order chi connectivity index (χ1) is 17.6. The van der Waals surface area contributed by atoms with E-state index in [0.717, 1.165) is 44.0 Å². The number of ketones is 1. The summed E-state index contributed by atoms with van der Waals surface area (Å²) in [5.74, 6) is -0.286. The van der Waals surface area contributed by atoms with Gasteiger partial charge in [0.15, 0.2) is 0 Å². The van der Waals surface area contributed by atoms with E-state index < -0.39 is 0 Å². The van der Waals surface area contributed by atoms with Gasteiger partial charge in [-0.1, -0.05) is 74.5 Å². The largest absolute Gasteiger partial charge is 0.298 e. The van der Waals surface area contributed by atoms with Gasteiger partial charge in [-0.2, -0.15) is 0 Å². The zero-order chi connectivity index (χ0) is 24.9. The molecule has 0 amide bonds. The van der Waals surface area contributed by atoms with Gasteiger partial charge in [-0.15, -0.1) is 0 Å². The number of carbonyl (C=O) groups is 1. The maximum absolute atomic E-state index is 13.3. The lowest BCUT2D eigenvalue weighted by Gasteiger charge is -2.19. The SMILES string of the molecule is CC(C(=O)C(C)c1cccc2cccnc12)c1cccc2cccnc12.c1ccc2nccnc2c1. The first-order valence-electron chi connectivity index (χ1n) is 12.0. The lowest BCUT2D eigenvalue weighted by atomic mass is 9.84. The van der Waals surface area contributed by atoms with Crippen LogP contribution < -0.4 is 0 Å². The van der Waals surface area contributed by atoms with Crippen LogP contribution in [0.3, 0.4) is 0 Å². The molecule has 176 valence electrons. The van der Waals surface area contributed by atoms with Crippen molar-refractivity contribution in [3.8, 4) is 0 Å². The maximum Gasteiger partial charge on any atom is 0.147 e. The van der Waals surface area contributed by atoms with Gasteiger partial charge in [0.1, 0.15) is 5.78 Å². The summed E-state index contributed by atoms with van der Waals surface area (Å²) in [7, 11) is 0.